The summed E-state index contributed by atoms with van der Waals surface area (Å²) in [5, 5.41) is 0. The molecule has 6 nitrogen and oxygen atoms in total. The van der Waals surface area contributed by atoms with Crippen molar-refractivity contribution >= 4 is 11.9 Å². The Kier molecular flexibility index (Phi) is 3.70. The van der Waals surface area contributed by atoms with Gasteiger partial charge in [-0.05, 0) is 31.2 Å². The first-order valence-corrected chi connectivity index (χ1v) is 8.29. The smallest absolute Gasteiger partial charge is 0.272 e. The van der Waals surface area contributed by atoms with E-state index in [9.17, 15) is 4.79 Å². The third-order valence-electron chi connectivity index (χ3n) is 5.18. The van der Waals surface area contributed by atoms with Crippen LogP contribution in [0.15, 0.2) is 12.3 Å². The van der Waals surface area contributed by atoms with Crippen molar-refractivity contribution in [2.75, 3.05) is 37.7 Å². The van der Waals surface area contributed by atoms with Crippen LogP contribution < -0.4 is 4.90 Å². The van der Waals surface area contributed by atoms with E-state index in [4.69, 9.17) is 4.74 Å². The van der Waals surface area contributed by atoms with Crippen molar-refractivity contribution < 1.29 is 9.53 Å². The fourth-order valence-electron chi connectivity index (χ4n) is 4.02. The molecule has 118 valence electrons. The van der Waals surface area contributed by atoms with Crippen molar-refractivity contribution in [3.8, 4) is 0 Å². The monoisotopic (exact) mass is 302 g/mol. The molecule has 1 aromatic rings. The van der Waals surface area contributed by atoms with Crippen LogP contribution in [0.1, 0.15) is 36.2 Å². The first-order chi connectivity index (χ1) is 10.8. The van der Waals surface area contributed by atoms with E-state index in [0.717, 1.165) is 32.5 Å². The van der Waals surface area contributed by atoms with E-state index in [2.05, 4.69) is 14.9 Å². The number of nitrogens with zero attached hydrogens (tertiary/aromatic N) is 4. The highest BCUT2D eigenvalue weighted by Crippen LogP contribution is 2.38. The minimum atomic E-state index is 0.0753. The van der Waals surface area contributed by atoms with Gasteiger partial charge < -0.3 is 14.5 Å². The third-order valence-corrected chi connectivity index (χ3v) is 5.18. The molecule has 0 spiro atoms. The number of hydrogen-bond acceptors (Lipinski definition) is 5. The zero-order valence-electron chi connectivity index (χ0n) is 12.8. The summed E-state index contributed by atoms with van der Waals surface area (Å²) in [5.41, 5.74) is 0.532. The van der Waals surface area contributed by atoms with Gasteiger partial charge in [-0.25, -0.2) is 9.97 Å². The van der Waals surface area contributed by atoms with Crippen LogP contribution in [0.3, 0.4) is 0 Å². The minimum absolute atomic E-state index is 0.0753. The Morgan fingerprint density at radius 2 is 2.05 bits per heavy atom. The zero-order valence-corrected chi connectivity index (χ0v) is 12.8. The average molecular weight is 302 g/mol. The molecule has 2 saturated heterocycles. The molecular formula is C16H22N4O2. The number of carbonyl (C=O) groups is 1. The number of aromatic nitrogens is 2. The van der Waals surface area contributed by atoms with Gasteiger partial charge in [0, 0.05) is 31.9 Å². The van der Waals surface area contributed by atoms with Gasteiger partial charge in [-0.1, -0.05) is 6.42 Å². The van der Waals surface area contributed by atoms with Gasteiger partial charge >= 0.3 is 0 Å². The van der Waals surface area contributed by atoms with Crippen LogP contribution in [0.25, 0.3) is 0 Å². The molecule has 3 fully saturated rings. The van der Waals surface area contributed by atoms with Gasteiger partial charge in [-0.15, -0.1) is 0 Å². The molecule has 1 saturated carbocycles. The standard InChI is InChI=1S/C16H22N4O2/c21-15(20-7-5-12-2-1-3-14(12)20)13-4-6-17-16(18-13)19-8-10-22-11-9-19/h4,6,12,14H,1-3,5,7-11H2/t12-,14-/m0/s1. The number of fused-ring (bicyclic) bond motifs is 1. The molecular weight excluding hydrogens is 280 g/mol. The second kappa shape index (κ2) is 5.83. The lowest BCUT2D eigenvalue weighted by Crippen LogP contribution is -2.39. The number of ether oxygens (including phenoxy) is 1. The van der Waals surface area contributed by atoms with Crippen molar-refractivity contribution in [2.45, 2.75) is 31.7 Å². The molecule has 6 heteroatoms. The molecule has 3 aliphatic rings. The van der Waals surface area contributed by atoms with E-state index < -0.39 is 0 Å². The van der Waals surface area contributed by atoms with Crippen molar-refractivity contribution in [1.82, 2.24) is 14.9 Å². The highest BCUT2D eigenvalue weighted by molar-refractivity contribution is 5.93. The van der Waals surface area contributed by atoms with Gasteiger partial charge in [0.15, 0.2) is 0 Å². The predicted molar refractivity (Wildman–Crippen MR) is 81.8 cm³/mol. The fourth-order valence-corrected chi connectivity index (χ4v) is 4.02. The summed E-state index contributed by atoms with van der Waals surface area (Å²) < 4.78 is 5.36. The number of hydrogen-bond donors (Lipinski definition) is 0. The zero-order chi connectivity index (χ0) is 14.9. The summed E-state index contributed by atoms with van der Waals surface area (Å²) in [6, 6.07) is 2.18. The van der Waals surface area contributed by atoms with E-state index >= 15 is 0 Å². The Hall–Kier alpha value is -1.69. The largest absolute Gasteiger partial charge is 0.378 e. The lowest BCUT2D eigenvalue weighted by atomic mass is 10.0. The van der Waals surface area contributed by atoms with Gasteiger partial charge in [0.1, 0.15) is 5.69 Å². The van der Waals surface area contributed by atoms with Gasteiger partial charge in [0.2, 0.25) is 5.95 Å². The first kappa shape index (κ1) is 13.9. The van der Waals surface area contributed by atoms with Crippen LogP contribution >= 0.6 is 0 Å². The molecule has 3 heterocycles. The molecule has 0 bridgehead atoms. The van der Waals surface area contributed by atoms with Gasteiger partial charge in [-0.2, -0.15) is 0 Å². The van der Waals surface area contributed by atoms with Crippen LogP contribution in [0.2, 0.25) is 0 Å². The first-order valence-electron chi connectivity index (χ1n) is 8.29. The Balaban J connectivity index is 1.53. The molecule has 0 aromatic carbocycles. The molecule has 1 aliphatic carbocycles. The number of rotatable bonds is 2. The Labute approximate surface area is 130 Å². The molecule has 0 unspecified atom stereocenters. The van der Waals surface area contributed by atoms with Crippen molar-refractivity contribution in [3.05, 3.63) is 18.0 Å². The topological polar surface area (TPSA) is 58.6 Å². The van der Waals surface area contributed by atoms with E-state index in [0.29, 0.717) is 36.8 Å². The number of amides is 1. The summed E-state index contributed by atoms with van der Waals surface area (Å²) in [6.45, 7) is 3.83. The van der Waals surface area contributed by atoms with Crippen molar-refractivity contribution in [1.29, 1.82) is 0 Å². The lowest BCUT2D eigenvalue weighted by molar-refractivity contribution is 0.0722. The van der Waals surface area contributed by atoms with Crippen molar-refractivity contribution in [2.24, 2.45) is 5.92 Å². The van der Waals surface area contributed by atoms with Crippen LogP contribution in [0.5, 0.6) is 0 Å². The van der Waals surface area contributed by atoms with Gasteiger partial charge in [0.05, 0.1) is 13.2 Å². The molecule has 2 aliphatic heterocycles. The third kappa shape index (κ3) is 2.45. The van der Waals surface area contributed by atoms with E-state index in [1.165, 1.54) is 12.8 Å². The Morgan fingerprint density at radius 1 is 1.18 bits per heavy atom. The van der Waals surface area contributed by atoms with Gasteiger partial charge in [-0.3, -0.25) is 4.79 Å². The highest BCUT2D eigenvalue weighted by atomic mass is 16.5. The van der Waals surface area contributed by atoms with E-state index in [-0.39, 0.29) is 5.91 Å². The molecule has 1 aromatic heterocycles. The summed E-state index contributed by atoms with van der Waals surface area (Å²) >= 11 is 0. The molecule has 0 N–H and O–H groups in total. The number of morpholine rings is 1. The molecule has 1 amide bonds. The summed E-state index contributed by atoms with van der Waals surface area (Å²) in [4.78, 5) is 25.8. The number of likely N-dealkylation sites (tertiary alicyclic amines) is 1. The number of anilines is 1. The number of carbonyl (C=O) groups excluding carboxylic acids is 1. The second-order valence-electron chi connectivity index (χ2n) is 6.39. The SMILES string of the molecule is O=C(c1ccnc(N2CCOCC2)n1)N1CC[C@@H]2CCC[C@@H]21. The van der Waals surface area contributed by atoms with Crippen LogP contribution in [0, 0.1) is 5.92 Å². The molecule has 0 radical (unpaired) electrons. The van der Waals surface area contributed by atoms with E-state index in [1.807, 2.05) is 4.90 Å². The molecule has 4 rings (SSSR count). The fraction of sp³-hybridized carbons (Fsp3) is 0.688. The Bertz CT molecular complexity index is 559. The normalized spacial score (nSPS) is 28.0. The highest BCUT2D eigenvalue weighted by Gasteiger charge is 2.40. The predicted octanol–water partition coefficient (Wildman–Crippen LogP) is 1.33. The van der Waals surface area contributed by atoms with Gasteiger partial charge in [0.25, 0.3) is 5.91 Å². The maximum atomic E-state index is 12.8. The maximum Gasteiger partial charge on any atom is 0.272 e. The summed E-state index contributed by atoms with van der Waals surface area (Å²) in [7, 11) is 0. The maximum absolute atomic E-state index is 12.8. The average Bonchev–Trinajstić information content (AvgIpc) is 3.18. The second-order valence-corrected chi connectivity index (χ2v) is 6.39. The van der Waals surface area contributed by atoms with Crippen LogP contribution in [-0.4, -0.2) is 59.7 Å². The van der Waals surface area contributed by atoms with Crippen LogP contribution in [-0.2, 0) is 4.74 Å². The van der Waals surface area contributed by atoms with Crippen molar-refractivity contribution in [3.63, 3.8) is 0 Å². The van der Waals surface area contributed by atoms with E-state index in [1.54, 1.807) is 12.3 Å². The summed E-state index contributed by atoms with van der Waals surface area (Å²) in [6.07, 6.45) is 6.53. The quantitative estimate of drug-likeness (QED) is 0.825. The summed E-state index contributed by atoms with van der Waals surface area (Å²) in [5.74, 6) is 1.44. The van der Waals surface area contributed by atoms with Crippen LogP contribution in [0.4, 0.5) is 5.95 Å². The minimum Gasteiger partial charge on any atom is -0.378 e. The lowest BCUT2D eigenvalue weighted by Gasteiger charge is -2.27. The molecule has 22 heavy (non-hydrogen) atoms. The molecule has 2 atom stereocenters. The Morgan fingerprint density at radius 3 is 2.91 bits per heavy atom.